The van der Waals surface area contributed by atoms with Crippen LogP contribution in [0.15, 0.2) is 30.7 Å². The van der Waals surface area contributed by atoms with Gasteiger partial charge in [0.1, 0.15) is 5.82 Å². The molecular formula is C14H18FN3. The van der Waals surface area contributed by atoms with E-state index in [0.717, 1.165) is 17.8 Å². The Hall–Kier alpha value is -1.68. The largest absolute Gasteiger partial charge is 0.337 e. The van der Waals surface area contributed by atoms with Gasteiger partial charge in [0.2, 0.25) is 0 Å². The molecule has 1 heterocycles. The molecule has 18 heavy (non-hydrogen) atoms. The van der Waals surface area contributed by atoms with E-state index in [1.807, 2.05) is 30.2 Å². The Morgan fingerprint density at radius 2 is 2.22 bits per heavy atom. The van der Waals surface area contributed by atoms with E-state index in [-0.39, 0.29) is 11.9 Å². The lowest BCUT2D eigenvalue weighted by Gasteiger charge is -2.15. The standard InChI is InChI=1S/C14H18FN3/c1-4-18-8-13(17-9-18)14(16-3)11-5-6-12(15)10(2)7-11/h5-9,14,16H,4H2,1-3H3. The normalized spacial score (nSPS) is 12.7. The average molecular weight is 247 g/mol. The number of aromatic nitrogens is 2. The van der Waals surface area contributed by atoms with Gasteiger partial charge >= 0.3 is 0 Å². The van der Waals surface area contributed by atoms with Crippen molar-refractivity contribution in [3.05, 3.63) is 53.4 Å². The molecule has 1 aromatic carbocycles. The highest BCUT2D eigenvalue weighted by atomic mass is 19.1. The molecule has 96 valence electrons. The van der Waals surface area contributed by atoms with Gasteiger partial charge in [-0.15, -0.1) is 0 Å². The van der Waals surface area contributed by atoms with Crippen molar-refractivity contribution in [3.8, 4) is 0 Å². The predicted octanol–water partition coefficient (Wildman–Crippen LogP) is 2.66. The van der Waals surface area contributed by atoms with Crippen LogP contribution < -0.4 is 5.32 Å². The first-order valence-corrected chi connectivity index (χ1v) is 6.10. The minimum absolute atomic E-state index is 0.00269. The summed E-state index contributed by atoms with van der Waals surface area (Å²) in [5.74, 6) is -0.173. The van der Waals surface area contributed by atoms with Gasteiger partial charge in [0.15, 0.2) is 0 Å². The molecule has 0 fully saturated rings. The zero-order chi connectivity index (χ0) is 13.1. The van der Waals surface area contributed by atoms with Crippen LogP contribution in [0.1, 0.15) is 29.8 Å². The summed E-state index contributed by atoms with van der Waals surface area (Å²) in [5.41, 5.74) is 2.63. The molecule has 0 amide bonds. The summed E-state index contributed by atoms with van der Waals surface area (Å²) in [5, 5.41) is 3.22. The second kappa shape index (κ2) is 5.31. The quantitative estimate of drug-likeness (QED) is 0.900. The molecule has 0 aliphatic rings. The zero-order valence-corrected chi connectivity index (χ0v) is 10.9. The molecule has 3 nitrogen and oxygen atoms in total. The summed E-state index contributed by atoms with van der Waals surface area (Å²) >= 11 is 0. The van der Waals surface area contributed by atoms with Gasteiger partial charge < -0.3 is 9.88 Å². The third-order valence-corrected chi connectivity index (χ3v) is 3.12. The molecule has 0 aliphatic heterocycles. The monoisotopic (exact) mass is 247 g/mol. The average Bonchev–Trinajstić information content (AvgIpc) is 2.83. The number of nitrogens with zero attached hydrogens (tertiary/aromatic N) is 2. The Labute approximate surface area is 107 Å². The Morgan fingerprint density at radius 3 is 2.78 bits per heavy atom. The lowest BCUT2D eigenvalue weighted by molar-refractivity contribution is 0.612. The minimum Gasteiger partial charge on any atom is -0.337 e. The fourth-order valence-corrected chi connectivity index (χ4v) is 2.03. The lowest BCUT2D eigenvalue weighted by Crippen LogP contribution is -2.18. The fraction of sp³-hybridized carbons (Fsp3) is 0.357. The van der Waals surface area contributed by atoms with Crippen LogP contribution in [0.25, 0.3) is 0 Å². The molecule has 4 heteroatoms. The summed E-state index contributed by atoms with van der Waals surface area (Å²) in [6.07, 6.45) is 3.83. The zero-order valence-electron chi connectivity index (χ0n) is 10.9. The van der Waals surface area contributed by atoms with E-state index >= 15 is 0 Å². The molecule has 2 rings (SSSR count). The van der Waals surface area contributed by atoms with E-state index in [9.17, 15) is 4.39 Å². The number of rotatable bonds is 4. The highest BCUT2D eigenvalue weighted by Crippen LogP contribution is 2.22. The van der Waals surface area contributed by atoms with Gasteiger partial charge in [-0.1, -0.05) is 12.1 Å². The van der Waals surface area contributed by atoms with Crippen molar-refractivity contribution in [2.75, 3.05) is 7.05 Å². The summed E-state index contributed by atoms with van der Waals surface area (Å²) < 4.78 is 15.3. The van der Waals surface area contributed by atoms with Crippen molar-refractivity contribution in [1.29, 1.82) is 0 Å². The fourth-order valence-electron chi connectivity index (χ4n) is 2.03. The van der Waals surface area contributed by atoms with Crippen molar-refractivity contribution >= 4 is 0 Å². The van der Waals surface area contributed by atoms with E-state index in [0.29, 0.717) is 5.56 Å². The first-order valence-electron chi connectivity index (χ1n) is 6.10. The summed E-state index contributed by atoms with van der Waals surface area (Å²) in [6.45, 7) is 4.74. The van der Waals surface area contributed by atoms with Gasteiger partial charge in [-0.05, 0) is 38.1 Å². The van der Waals surface area contributed by atoms with Crippen molar-refractivity contribution in [1.82, 2.24) is 14.9 Å². The van der Waals surface area contributed by atoms with Gasteiger partial charge in [-0.2, -0.15) is 0 Å². The number of hydrogen-bond acceptors (Lipinski definition) is 2. The smallest absolute Gasteiger partial charge is 0.126 e. The van der Waals surface area contributed by atoms with Crippen LogP contribution in [0, 0.1) is 12.7 Å². The summed E-state index contributed by atoms with van der Waals surface area (Å²) in [6, 6.07) is 5.17. The van der Waals surface area contributed by atoms with Crippen LogP contribution in [-0.4, -0.2) is 16.6 Å². The maximum atomic E-state index is 13.3. The summed E-state index contributed by atoms with van der Waals surface area (Å²) in [7, 11) is 1.88. The van der Waals surface area contributed by atoms with E-state index < -0.39 is 0 Å². The maximum absolute atomic E-state index is 13.3. The van der Waals surface area contributed by atoms with Crippen LogP contribution in [0.3, 0.4) is 0 Å². The molecular weight excluding hydrogens is 229 g/mol. The van der Waals surface area contributed by atoms with Crippen LogP contribution in [0.5, 0.6) is 0 Å². The SMILES string of the molecule is CCn1cnc(C(NC)c2ccc(F)c(C)c2)c1. The Balaban J connectivity index is 2.35. The van der Waals surface area contributed by atoms with Crippen LogP contribution >= 0.6 is 0 Å². The Bertz CT molecular complexity index is 534. The molecule has 1 unspecified atom stereocenters. The van der Waals surface area contributed by atoms with Gasteiger partial charge in [-0.25, -0.2) is 9.37 Å². The van der Waals surface area contributed by atoms with Gasteiger partial charge in [0, 0.05) is 12.7 Å². The molecule has 0 aliphatic carbocycles. The number of aryl methyl sites for hydroxylation is 2. The topological polar surface area (TPSA) is 29.9 Å². The molecule has 0 saturated heterocycles. The number of benzene rings is 1. The molecule has 2 aromatic rings. The Kier molecular flexibility index (Phi) is 3.77. The molecule has 1 atom stereocenters. The molecule has 0 bridgehead atoms. The number of imidazole rings is 1. The van der Waals surface area contributed by atoms with Crippen LogP contribution in [0.4, 0.5) is 4.39 Å². The number of hydrogen-bond donors (Lipinski definition) is 1. The van der Waals surface area contributed by atoms with Gasteiger partial charge in [0.25, 0.3) is 0 Å². The third kappa shape index (κ3) is 2.43. The second-order valence-electron chi connectivity index (χ2n) is 4.36. The number of halogens is 1. The van der Waals surface area contributed by atoms with Crippen molar-refractivity contribution in [2.45, 2.75) is 26.4 Å². The molecule has 0 saturated carbocycles. The van der Waals surface area contributed by atoms with Crippen molar-refractivity contribution in [3.63, 3.8) is 0 Å². The number of nitrogens with one attached hydrogen (secondary N) is 1. The minimum atomic E-state index is -0.173. The van der Waals surface area contributed by atoms with Gasteiger partial charge in [-0.3, -0.25) is 0 Å². The van der Waals surface area contributed by atoms with E-state index in [2.05, 4.69) is 17.2 Å². The first-order chi connectivity index (χ1) is 8.65. The second-order valence-corrected chi connectivity index (χ2v) is 4.36. The van der Waals surface area contributed by atoms with Crippen molar-refractivity contribution in [2.24, 2.45) is 0 Å². The molecule has 1 aromatic heterocycles. The third-order valence-electron chi connectivity index (χ3n) is 3.12. The highest BCUT2D eigenvalue weighted by molar-refractivity contribution is 5.31. The molecule has 0 radical (unpaired) electrons. The maximum Gasteiger partial charge on any atom is 0.126 e. The lowest BCUT2D eigenvalue weighted by atomic mass is 10.0. The predicted molar refractivity (Wildman–Crippen MR) is 69.9 cm³/mol. The van der Waals surface area contributed by atoms with E-state index in [1.165, 1.54) is 6.07 Å². The van der Waals surface area contributed by atoms with Crippen LogP contribution in [0.2, 0.25) is 0 Å². The van der Waals surface area contributed by atoms with Crippen molar-refractivity contribution < 1.29 is 4.39 Å². The van der Waals surface area contributed by atoms with Gasteiger partial charge in [0.05, 0.1) is 18.1 Å². The first kappa shape index (κ1) is 12.8. The van der Waals surface area contributed by atoms with E-state index in [1.54, 1.807) is 13.0 Å². The molecule has 0 spiro atoms. The highest BCUT2D eigenvalue weighted by Gasteiger charge is 2.15. The van der Waals surface area contributed by atoms with Crippen LogP contribution in [-0.2, 0) is 6.54 Å². The van der Waals surface area contributed by atoms with E-state index in [4.69, 9.17) is 0 Å². The summed E-state index contributed by atoms with van der Waals surface area (Å²) in [4.78, 5) is 4.39. The molecule has 1 N–H and O–H groups in total. The Morgan fingerprint density at radius 1 is 1.44 bits per heavy atom.